The SMILES string of the molecule is COc1cc(/C=C2\SC(=O)N(CC(=O)N3CCCCC3)C2=O)cc(Cl)c1OC(C)C. The summed E-state index contributed by atoms with van der Waals surface area (Å²) in [6, 6.07) is 3.34. The van der Waals surface area contributed by atoms with Crippen molar-refractivity contribution in [1.82, 2.24) is 9.80 Å². The summed E-state index contributed by atoms with van der Waals surface area (Å²) in [4.78, 5) is 40.5. The van der Waals surface area contributed by atoms with Gasteiger partial charge in [0.05, 0.1) is 23.1 Å². The number of carbonyl (C=O) groups excluding carboxylic acids is 3. The number of methoxy groups -OCH3 is 1. The van der Waals surface area contributed by atoms with Crippen molar-refractivity contribution in [2.45, 2.75) is 39.2 Å². The number of hydrogen-bond donors (Lipinski definition) is 0. The molecule has 0 bridgehead atoms. The molecule has 3 amide bonds. The van der Waals surface area contributed by atoms with E-state index >= 15 is 0 Å². The van der Waals surface area contributed by atoms with Crippen LogP contribution in [0.15, 0.2) is 17.0 Å². The van der Waals surface area contributed by atoms with E-state index in [-0.39, 0.29) is 23.5 Å². The third kappa shape index (κ3) is 5.10. The first kappa shape index (κ1) is 22.5. The van der Waals surface area contributed by atoms with Crippen LogP contribution in [-0.4, -0.2) is 59.7 Å². The standard InChI is InChI=1S/C21H25ClN2O5S/c1-13(2)29-19-15(22)9-14(10-16(19)28-3)11-17-20(26)24(21(27)30-17)12-18(25)23-7-5-4-6-8-23/h9-11,13H,4-8,12H2,1-3H3/b17-11-. The molecule has 0 saturated carbocycles. The van der Waals surface area contributed by atoms with Crippen LogP contribution < -0.4 is 9.47 Å². The second kappa shape index (κ2) is 9.75. The van der Waals surface area contributed by atoms with Crippen LogP contribution in [0, 0.1) is 0 Å². The van der Waals surface area contributed by atoms with Crippen molar-refractivity contribution in [2.75, 3.05) is 26.7 Å². The zero-order valence-electron chi connectivity index (χ0n) is 17.3. The lowest BCUT2D eigenvalue weighted by Gasteiger charge is -2.27. The van der Waals surface area contributed by atoms with Gasteiger partial charge in [-0.1, -0.05) is 11.6 Å². The number of ether oxygens (including phenoxy) is 2. The normalized spacial score (nSPS) is 18.5. The highest BCUT2D eigenvalue weighted by Crippen LogP contribution is 2.39. The van der Waals surface area contributed by atoms with Gasteiger partial charge in [-0.25, -0.2) is 0 Å². The van der Waals surface area contributed by atoms with Crippen molar-refractivity contribution in [1.29, 1.82) is 0 Å². The summed E-state index contributed by atoms with van der Waals surface area (Å²) in [5.41, 5.74) is 0.598. The van der Waals surface area contributed by atoms with Crippen LogP contribution in [0.2, 0.25) is 5.02 Å². The maximum atomic E-state index is 12.7. The average molecular weight is 453 g/mol. The second-order valence-corrected chi connectivity index (χ2v) is 8.81. The molecule has 2 aliphatic rings. The highest BCUT2D eigenvalue weighted by molar-refractivity contribution is 8.18. The molecule has 162 valence electrons. The smallest absolute Gasteiger partial charge is 0.294 e. The van der Waals surface area contributed by atoms with E-state index in [4.69, 9.17) is 21.1 Å². The van der Waals surface area contributed by atoms with Gasteiger partial charge in [-0.15, -0.1) is 0 Å². The molecule has 9 heteroatoms. The number of amides is 3. The molecule has 7 nitrogen and oxygen atoms in total. The molecule has 0 radical (unpaired) electrons. The van der Waals surface area contributed by atoms with Gasteiger partial charge < -0.3 is 14.4 Å². The van der Waals surface area contributed by atoms with Crippen molar-refractivity contribution >= 4 is 46.5 Å². The molecule has 30 heavy (non-hydrogen) atoms. The van der Waals surface area contributed by atoms with Crippen LogP contribution >= 0.6 is 23.4 Å². The summed E-state index contributed by atoms with van der Waals surface area (Å²) in [6.45, 7) is 4.88. The van der Waals surface area contributed by atoms with Gasteiger partial charge in [0, 0.05) is 13.1 Å². The molecule has 2 aliphatic heterocycles. The van der Waals surface area contributed by atoms with Gasteiger partial charge in [0.1, 0.15) is 6.54 Å². The highest BCUT2D eigenvalue weighted by atomic mass is 35.5. The van der Waals surface area contributed by atoms with Crippen molar-refractivity contribution in [2.24, 2.45) is 0 Å². The lowest BCUT2D eigenvalue weighted by atomic mass is 10.1. The van der Waals surface area contributed by atoms with E-state index in [9.17, 15) is 14.4 Å². The Kier molecular flexibility index (Phi) is 7.31. The van der Waals surface area contributed by atoms with E-state index in [0.717, 1.165) is 35.9 Å². The minimum atomic E-state index is -0.479. The second-order valence-electron chi connectivity index (χ2n) is 7.41. The molecule has 0 spiro atoms. The summed E-state index contributed by atoms with van der Waals surface area (Å²) in [6.07, 6.45) is 4.49. The average Bonchev–Trinajstić information content (AvgIpc) is 2.97. The van der Waals surface area contributed by atoms with Gasteiger partial charge in [0.15, 0.2) is 11.5 Å². The van der Waals surface area contributed by atoms with E-state index in [0.29, 0.717) is 35.2 Å². The molecule has 0 unspecified atom stereocenters. The van der Waals surface area contributed by atoms with E-state index in [1.807, 2.05) is 13.8 Å². The Balaban J connectivity index is 1.78. The maximum absolute atomic E-state index is 12.7. The molecule has 2 heterocycles. The lowest BCUT2D eigenvalue weighted by molar-refractivity contribution is -0.136. The van der Waals surface area contributed by atoms with Gasteiger partial charge in [-0.2, -0.15) is 0 Å². The number of thioether (sulfide) groups is 1. The molecule has 1 aromatic rings. The van der Waals surface area contributed by atoms with Gasteiger partial charge in [-0.3, -0.25) is 19.3 Å². The Morgan fingerprint density at radius 3 is 2.57 bits per heavy atom. The molecule has 3 rings (SSSR count). The number of carbonyl (C=O) groups is 3. The summed E-state index contributed by atoms with van der Waals surface area (Å²) in [5.74, 6) is 0.180. The largest absolute Gasteiger partial charge is 0.493 e. The van der Waals surface area contributed by atoms with Crippen molar-refractivity contribution in [3.8, 4) is 11.5 Å². The molecular formula is C21H25ClN2O5S. The first-order valence-electron chi connectivity index (χ1n) is 9.87. The number of hydrogen-bond acceptors (Lipinski definition) is 6. The molecule has 2 saturated heterocycles. The Morgan fingerprint density at radius 1 is 1.23 bits per heavy atom. The van der Waals surface area contributed by atoms with Gasteiger partial charge in [0.25, 0.3) is 11.1 Å². The molecule has 0 N–H and O–H groups in total. The first-order chi connectivity index (χ1) is 14.3. The number of piperidine rings is 1. The van der Waals surface area contributed by atoms with E-state index < -0.39 is 11.1 Å². The number of halogens is 1. The predicted molar refractivity (Wildman–Crippen MR) is 117 cm³/mol. The first-order valence-corrected chi connectivity index (χ1v) is 11.1. The third-order valence-corrected chi connectivity index (χ3v) is 5.97. The van der Waals surface area contributed by atoms with Crippen LogP contribution in [0.3, 0.4) is 0 Å². The van der Waals surface area contributed by atoms with E-state index in [1.165, 1.54) is 7.11 Å². The van der Waals surface area contributed by atoms with Crippen molar-refractivity contribution in [3.05, 3.63) is 27.6 Å². The molecular weight excluding hydrogens is 428 g/mol. The predicted octanol–water partition coefficient (Wildman–Crippen LogP) is 4.18. The molecule has 0 atom stereocenters. The Morgan fingerprint density at radius 2 is 1.93 bits per heavy atom. The Labute approximate surface area is 185 Å². The van der Waals surface area contributed by atoms with E-state index in [2.05, 4.69) is 0 Å². The molecule has 0 aliphatic carbocycles. The lowest BCUT2D eigenvalue weighted by Crippen LogP contribution is -2.44. The van der Waals surface area contributed by atoms with Crippen molar-refractivity contribution in [3.63, 3.8) is 0 Å². The van der Waals surface area contributed by atoms with Crippen molar-refractivity contribution < 1.29 is 23.9 Å². The van der Waals surface area contributed by atoms with Gasteiger partial charge in [-0.05, 0) is 68.6 Å². The molecule has 1 aromatic carbocycles. The van der Waals surface area contributed by atoms with E-state index in [1.54, 1.807) is 23.1 Å². The van der Waals surface area contributed by atoms with Crippen LogP contribution in [0.1, 0.15) is 38.7 Å². The number of imide groups is 1. The zero-order chi connectivity index (χ0) is 21.8. The Bertz CT molecular complexity index is 880. The van der Waals surface area contributed by atoms with Crippen LogP contribution in [0.5, 0.6) is 11.5 Å². The number of benzene rings is 1. The molecule has 0 aromatic heterocycles. The highest BCUT2D eigenvalue weighted by Gasteiger charge is 2.37. The topological polar surface area (TPSA) is 76.2 Å². The number of rotatable bonds is 6. The molecule has 2 fully saturated rings. The fourth-order valence-electron chi connectivity index (χ4n) is 3.34. The Hall–Kier alpha value is -2.19. The van der Waals surface area contributed by atoms with Crippen LogP contribution in [0.4, 0.5) is 4.79 Å². The van der Waals surface area contributed by atoms with Gasteiger partial charge in [0.2, 0.25) is 5.91 Å². The number of likely N-dealkylation sites (tertiary alicyclic amines) is 1. The summed E-state index contributed by atoms with van der Waals surface area (Å²) < 4.78 is 11.1. The minimum Gasteiger partial charge on any atom is -0.493 e. The quantitative estimate of drug-likeness (QED) is 0.602. The van der Waals surface area contributed by atoms with Crippen LogP contribution in [0.25, 0.3) is 6.08 Å². The number of nitrogens with zero attached hydrogens (tertiary/aromatic N) is 2. The minimum absolute atomic E-state index is 0.0869. The van der Waals surface area contributed by atoms with Gasteiger partial charge >= 0.3 is 0 Å². The summed E-state index contributed by atoms with van der Waals surface area (Å²) in [7, 11) is 1.50. The third-order valence-electron chi connectivity index (χ3n) is 4.78. The summed E-state index contributed by atoms with van der Waals surface area (Å²) in [5, 5.41) is -0.108. The maximum Gasteiger partial charge on any atom is 0.294 e. The monoisotopic (exact) mass is 452 g/mol. The zero-order valence-corrected chi connectivity index (χ0v) is 18.8. The summed E-state index contributed by atoms with van der Waals surface area (Å²) >= 11 is 7.15. The fourth-order valence-corrected chi connectivity index (χ4v) is 4.44. The fraction of sp³-hybridized carbons (Fsp3) is 0.476. The van der Waals surface area contributed by atoms with Crippen LogP contribution in [-0.2, 0) is 9.59 Å².